The van der Waals surface area contributed by atoms with E-state index in [0.29, 0.717) is 29.3 Å². The Balaban J connectivity index is 1.35. The van der Waals surface area contributed by atoms with Crippen molar-refractivity contribution in [2.75, 3.05) is 32.1 Å². The summed E-state index contributed by atoms with van der Waals surface area (Å²) in [7, 11) is 1.36. The Morgan fingerprint density at radius 3 is 2.81 bits per heavy atom. The lowest BCUT2D eigenvalue weighted by Crippen LogP contribution is -2.38. The average Bonchev–Trinajstić information content (AvgIpc) is 3.19. The van der Waals surface area contributed by atoms with E-state index in [1.54, 1.807) is 12.1 Å². The second-order valence-corrected chi connectivity index (χ2v) is 7.89. The number of nitrogens with zero attached hydrogens (tertiary/aromatic N) is 2. The third kappa shape index (κ3) is 4.82. The van der Waals surface area contributed by atoms with E-state index in [4.69, 9.17) is 13.9 Å². The fourth-order valence-electron chi connectivity index (χ4n) is 4.00. The molecule has 4 rings (SSSR count). The molecular formula is C24H29N3O4. The fraction of sp³-hybridized carbons (Fsp3) is 0.417. The molecule has 0 unspecified atom stereocenters. The van der Waals surface area contributed by atoms with Crippen molar-refractivity contribution in [3.05, 3.63) is 53.1 Å². The van der Waals surface area contributed by atoms with Gasteiger partial charge in [0.05, 0.1) is 13.7 Å². The van der Waals surface area contributed by atoms with Gasteiger partial charge in [-0.15, -0.1) is 0 Å². The molecule has 2 aromatic carbocycles. The average molecular weight is 424 g/mol. The lowest BCUT2D eigenvalue weighted by atomic mass is 10.0. The minimum absolute atomic E-state index is 0.280. The predicted octanol–water partition coefficient (Wildman–Crippen LogP) is 4.40. The molecule has 0 saturated carbocycles. The molecule has 7 heteroatoms. The van der Waals surface area contributed by atoms with Gasteiger partial charge in [-0.1, -0.05) is 18.2 Å². The number of likely N-dealkylation sites (tertiary alicyclic amines) is 1. The van der Waals surface area contributed by atoms with Crippen molar-refractivity contribution in [2.24, 2.45) is 0 Å². The van der Waals surface area contributed by atoms with Crippen LogP contribution in [0.2, 0.25) is 0 Å². The lowest BCUT2D eigenvalue weighted by Gasteiger charge is -2.32. The molecule has 1 aliphatic heterocycles. The van der Waals surface area contributed by atoms with E-state index in [1.807, 2.05) is 13.0 Å². The maximum Gasteiger partial charge on any atom is 0.341 e. The number of benzene rings is 2. The molecule has 0 spiro atoms. The molecule has 164 valence electrons. The summed E-state index contributed by atoms with van der Waals surface area (Å²) in [5.74, 6) is 0.545. The number of nitrogens with one attached hydrogen (secondary N) is 1. The normalized spacial score (nSPS) is 15.2. The molecule has 31 heavy (non-hydrogen) atoms. The van der Waals surface area contributed by atoms with Gasteiger partial charge in [0.2, 0.25) is 0 Å². The number of piperidine rings is 1. The first kappa shape index (κ1) is 21.2. The standard InChI is InChI=1S/C24H29N3O4/c1-4-30-21-14-17(9-8-16(21)2)15-27-12-10-18(11-13-27)25-24-26-20-7-5-6-19(22(20)31-24)23(28)29-3/h5-9,14,18H,4,10-13,15H2,1-3H3,(H,25,26). The highest BCUT2D eigenvalue weighted by Gasteiger charge is 2.22. The van der Waals surface area contributed by atoms with E-state index < -0.39 is 5.97 Å². The summed E-state index contributed by atoms with van der Waals surface area (Å²) in [6.07, 6.45) is 1.99. The number of fused-ring (bicyclic) bond motifs is 1. The van der Waals surface area contributed by atoms with Crippen LogP contribution in [0.25, 0.3) is 11.1 Å². The number of esters is 1. The number of para-hydroxylation sites is 1. The Labute approximate surface area is 182 Å². The molecule has 0 atom stereocenters. The molecule has 1 fully saturated rings. The first-order valence-electron chi connectivity index (χ1n) is 10.8. The third-order valence-corrected chi connectivity index (χ3v) is 5.69. The quantitative estimate of drug-likeness (QED) is 0.565. The van der Waals surface area contributed by atoms with Gasteiger partial charge in [0.1, 0.15) is 16.8 Å². The number of ether oxygens (including phenoxy) is 2. The van der Waals surface area contributed by atoms with Gasteiger partial charge >= 0.3 is 5.97 Å². The number of anilines is 1. The molecule has 0 aliphatic carbocycles. The Hall–Kier alpha value is -3.06. The monoisotopic (exact) mass is 423 g/mol. The molecular weight excluding hydrogens is 394 g/mol. The number of aryl methyl sites for hydroxylation is 1. The van der Waals surface area contributed by atoms with E-state index in [1.165, 1.54) is 18.2 Å². The topological polar surface area (TPSA) is 76.8 Å². The van der Waals surface area contributed by atoms with Gasteiger partial charge in [-0.3, -0.25) is 4.90 Å². The van der Waals surface area contributed by atoms with Crippen LogP contribution in [0.5, 0.6) is 5.75 Å². The number of oxazole rings is 1. The SMILES string of the molecule is CCOc1cc(CN2CCC(Nc3nc4cccc(C(=O)OC)c4o3)CC2)ccc1C. The summed E-state index contributed by atoms with van der Waals surface area (Å²) in [5.41, 5.74) is 3.93. The highest BCUT2D eigenvalue weighted by Crippen LogP contribution is 2.26. The smallest absolute Gasteiger partial charge is 0.341 e. The number of methoxy groups -OCH3 is 1. The second kappa shape index (κ2) is 9.39. The van der Waals surface area contributed by atoms with Crippen molar-refractivity contribution in [3.63, 3.8) is 0 Å². The largest absolute Gasteiger partial charge is 0.494 e. The molecule has 1 aliphatic rings. The Bertz CT molecular complexity index is 1050. The number of carbonyl (C=O) groups excluding carboxylic acids is 1. The fourth-order valence-corrected chi connectivity index (χ4v) is 4.00. The van der Waals surface area contributed by atoms with Crippen LogP contribution in [0.15, 0.2) is 40.8 Å². The Morgan fingerprint density at radius 1 is 1.26 bits per heavy atom. The molecule has 2 heterocycles. The Morgan fingerprint density at radius 2 is 2.06 bits per heavy atom. The molecule has 0 amide bonds. The summed E-state index contributed by atoms with van der Waals surface area (Å²) in [4.78, 5) is 18.9. The lowest BCUT2D eigenvalue weighted by molar-refractivity contribution is 0.0602. The maximum atomic E-state index is 11.9. The predicted molar refractivity (Wildman–Crippen MR) is 120 cm³/mol. The summed E-state index contributed by atoms with van der Waals surface area (Å²) in [6, 6.07) is 12.5. The molecule has 1 saturated heterocycles. The number of rotatable bonds is 7. The number of hydrogen-bond donors (Lipinski definition) is 1. The molecule has 0 radical (unpaired) electrons. The van der Waals surface area contributed by atoms with E-state index in [2.05, 4.69) is 40.3 Å². The van der Waals surface area contributed by atoms with Crippen LogP contribution < -0.4 is 10.1 Å². The van der Waals surface area contributed by atoms with Crippen LogP contribution in [0.4, 0.5) is 6.01 Å². The Kier molecular flexibility index (Phi) is 6.42. The first-order chi connectivity index (χ1) is 15.1. The van der Waals surface area contributed by atoms with Gasteiger partial charge < -0.3 is 19.2 Å². The van der Waals surface area contributed by atoms with Crippen LogP contribution in [0.1, 0.15) is 41.3 Å². The van der Waals surface area contributed by atoms with Gasteiger partial charge in [-0.25, -0.2) is 4.79 Å². The summed E-state index contributed by atoms with van der Waals surface area (Å²) >= 11 is 0. The molecule has 1 aromatic heterocycles. The van der Waals surface area contributed by atoms with Crippen LogP contribution in [0.3, 0.4) is 0 Å². The number of hydrogen-bond acceptors (Lipinski definition) is 7. The zero-order valence-electron chi connectivity index (χ0n) is 18.3. The van der Waals surface area contributed by atoms with Crippen molar-refractivity contribution in [3.8, 4) is 5.75 Å². The zero-order chi connectivity index (χ0) is 21.8. The van der Waals surface area contributed by atoms with Crippen molar-refractivity contribution in [1.29, 1.82) is 0 Å². The minimum atomic E-state index is -0.426. The van der Waals surface area contributed by atoms with Crippen LogP contribution in [0, 0.1) is 6.92 Å². The minimum Gasteiger partial charge on any atom is -0.494 e. The van der Waals surface area contributed by atoms with Crippen molar-refractivity contribution >= 4 is 23.1 Å². The van der Waals surface area contributed by atoms with E-state index in [9.17, 15) is 4.79 Å². The van der Waals surface area contributed by atoms with Gasteiger partial charge in [0, 0.05) is 25.7 Å². The van der Waals surface area contributed by atoms with Crippen LogP contribution >= 0.6 is 0 Å². The van der Waals surface area contributed by atoms with Gasteiger partial charge in [0.15, 0.2) is 5.58 Å². The van der Waals surface area contributed by atoms with Gasteiger partial charge in [-0.2, -0.15) is 4.98 Å². The molecule has 0 bridgehead atoms. The zero-order valence-corrected chi connectivity index (χ0v) is 18.3. The van der Waals surface area contributed by atoms with Gasteiger partial charge in [0.25, 0.3) is 6.01 Å². The molecule has 7 nitrogen and oxygen atoms in total. The van der Waals surface area contributed by atoms with E-state index in [-0.39, 0.29) is 6.04 Å². The van der Waals surface area contributed by atoms with Crippen molar-refractivity contribution in [2.45, 2.75) is 39.3 Å². The molecule has 1 N–H and O–H groups in total. The maximum absolute atomic E-state index is 11.9. The number of aromatic nitrogens is 1. The highest BCUT2D eigenvalue weighted by molar-refractivity contribution is 6.01. The van der Waals surface area contributed by atoms with Crippen molar-refractivity contribution < 1.29 is 18.7 Å². The second-order valence-electron chi connectivity index (χ2n) is 7.89. The first-order valence-corrected chi connectivity index (χ1v) is 10.8. The van der Waals surface area contributed by atoms with E-state index in [0.717, 1.165) is 38.2 Å². The van der Waals surface area contributed by atoms with Crippen LogP contribution in [-0.4, -0.2) is 48.7 Å². The van der Waals surface area contributed by atoms with E-state index >= 15 is 0 Å². The molecule has 3 aromatic rings. The third-order valence-electron chi connectivity index (χ3n) is 5.69. The van der Waals surface area contributed by atoms with Crippen molar-refractivity contribution in [1.82, 2.24) is 9.88 Å². The highest BCUT2D eigenvalue weighted by atomic mass is 16.5. The van der Waals surface area contributed by atoms with Crippen LogP contribution in [-0.2, 0) is 11.3 Å². The summed E-state index contributed by atoms with van der Waals surface area (Å²) in [6.45, 7) is 7.66. The number of carbonyl (C=O) groups is 1. The summed E-state index contributed by atoms with van der Waals surface area (Å²) < 4.78 is 16.4. The summed E-state index contributed by atoms with van der Waals surface area (Å²) in [5, 5.41) is 3.40. The van der Waals surface area contributed by atoms with Gasteiger partial charge in [-0.05, 0) is 56.0 Å².